The average molecular weight is 276 g/mol. The first-order valence-electron chi connectivity index (χ1n) is 6.86. The highest BCUT2D eigenvalue weighted by Crippen LogP contribution is 2.22. The van der Waals surface area contributed by atoms with E-state index in [4.69, 9.17) is 5.11 Å². The average Bonchev–Trinajstić information content (AvgIpc) is 2.91. The highest BCUT2D eigenvalue weighted by atomic mass is 16.3. The molecular weight excluding hydrogens is 256 g/mol. The number of benzene rings is 1. The monoisotopic (exact) mass is 276 g/mol. The van der Waals surface area contributed by atoms with Gasteiger partial charge < -0.3 is 15.3 Å². The molecule has 1 aliphatic rings. The van der Waals surface area contributed by atoms with Crippen LogP contribution in [-0.4, -0.2) is 48.6 Å². The van der Waals surface area contributed by atoms with Crippen molar-refractivity contribution in [2.24, 2.45) is 0 Å². The Morgan fingerprint density at radius 3 is 2.80 bits per heavy atom. The number of aryl methyl sites for hydroxylation is 2. The molecule has 0 spiro atoms. The fraction of sp³-hybridized carbons (Fsp3) is 0.467. The molecule has 2 rings (SSSR count). The first-order chi connectivity index (χ1) is 9.61. The molecule has 1 aromatic rings. The third kappa shape index (κ3) is 3.36. The minimum atomic E-state index is -0.231. The van der Waals surface area contributed by atoms with Crippen LogP contribution in [0.1, 0.15) is 27.9 Å². The molecule has 0 aromatic heterocycles. The lowest BCUT2D eigenvalue weighted by molar-refractivity contribution is -0.129. The fourth-order valence-electron chi connectivity index (χ4n) is 2.38. The molecule has 20 heavy (non-hydrogen) atoms. The summed E-state index contributed by atoms with van der Waals surface area (Å²) < 4.78 is 0. The number of rotatable bonds is 5. The Bertz CT molecular complexity index is 514. The zero-order chi connectivity index (χ0) is 14.5. The predicted molar refractivity (Wildman–Crippen MR) is 75.5 cm³/mol. The van der Waals surface area contributed by atoms with E-state index in [0.717, 1.165) is 19.3 Å². The maximum Gasteiger partial charge on any atom is 0.251 e. The van der Waals surface area contributed by atoms with Gasteiger partial charge in [0.15, 0.2) is 0 Å². The summed E-state index contributed by atoms with van der Waals surface area (Å²) in [5.41, 5.74) is 3.16. The summed E-state index contributed by atoms with van der Waals surface area (Å²) in [7, 11) is 1.60. The number of nitrogens with zero attached hydrogens (tertiary/aromatic N) is 1. The van der Waals surface area contributed by atoms with Gasteiger partial charge in [0.1, 0.15) is 0 Å². The minimum absolute atomic E-state index is 0.0492. The Morgan fingerprint density at radius 1 is 1.30 bits per heavy atom. The molecule has 0 unspecified atom stereocenters. The van der Waals surface area contributed by atoms with Crippen molar-refractivity contribution in [3.8, 4) is 0 Å². The summed E-state index contributed by atoms with van der Waals surface area (Å²) >= 11 is 0. The van der Waals surface area contributed by atoms with Crippen LogP contribution >= 0.6 is 0 Å². The van der Waals surface area contributed by atoms with Crippen molar-refractivity contribution in [2.45, 2.75) is 19.3 Å². The van der Waals surface area contributed by atoms with Gasteiger partial charge in [-0.25, -0.2) is 0 Å². The fourth-order valence-corrected chi connectivity index (χ4v) is 2.38. The van der Waals surface area contributed by atoms with Gasteiger partial charge in [0, 0.05) is 19.2 Å². The van der Waals surface area contributed by atoms with E-state index in [1.807, 2.05) is 12.1 Å². The summed E-state index contributed by atoms with van der Waals surface area (Å²) in [6, 6.07) is 5.72. The smallest absolute Gasteiger partial charge is 0.251 e. The van der Waals surface area contributed by atoms with Crippen molar-refractivity contribution in [1.82, 2.24) is 10.2 Å². The second-order valence-electron chi connectivity index (χ2n) is 5.06. The standard InChI is InChI=1S/C15H20N2O3/c1-17(7-8-18)14(19)10-16-15(20)13-6-5-11-3-2-4-12(11)9-13/h5-6,9,18H,2-4,7-8,10H2,1H3,(H,16,20). The van der Waals surface area contributed by atoms with Gasteiger partial charge in [-0.15, -0.1) is 0 Å². The molecule has 1 aromatic carbocycles. The molecule has 0 aliphatic heterocycles. The first kappa shape index (κ1) is 14.5. The third-order valence-corrected chi connectivity index (χ3v) is 3.62. The van der Waals surface area contributed by atoms with Gasteiger partial charge in [-0.2, -0.15) is 0 Å². The van der Waals surface area contributed by atoms with Crippen LogP contribution in [0, 0.1) is 0 Å². The van der Waals surface area contributed by atoms with Crippen LogP contribution in [0.15, 0.2) is 18.2 Å². The summed E-state index contributed by atoms with van der Waals surface area (Å²) in [5, 5.41) is 11.4. The number of fused-ring (bicyclic) bond motifs is 1. The number of hydrogen-bond donors (Lipinski definition) is 2. The number of carbonyl (C=O) groups excluding carboxylic acids is 2. The highest BCUT2D eigenvalue weighted by molar-refractivity contribution is 5.96. The largest absolute Gasteiger partial charge is 0.395 e. The molecule has 0 saturated heterocycles. The van der Waals surface area contributed by atoms with E-state index in [2.05, 4.69) is 5.32 Å². The van der Waals surface area contributed by atoms with Crippen molar-refractivity contribution < 1.29 is 14.7 Å². The topological polar surface area (TPSA) is 69.6 Å². The van der Waals surface area contributed by atoms with E-state index >= 15 is 0 Å². The molecule has 0 bridgehead atoms. The number of amides is 2. The van der Waals surface area contributed by atoms with E-state index in [9.17, 15) is 9.59 Å². The molecule has 108 valence electrons. The number of aliphatic hydroxyl groups excluding tert-OH is 1. The van der Waals surface area contributed by atoms with Gasteiger partial charge in [-0.1, -0.05) is 6.07 Å². The van der Waals surface area contributed by atoms with E-state index in [-0.39, 0.29) is 31.5 Å². The van der Waals surface area contributed by atoms with Gasteiger partial charge in [-0.3, -0.25) is 9.59 Å². The minimum Gasteiger partial charge on any atom is -0.395 e. The second kappa shape index (κ2) is 6.52. The maximum atomic E-state index is 12.0. The van der Waals surface area contributed by atoms with Gasteiger partial charge in [0.05, 0.1) is 13.2 Å². The summed E-state index contributed by atoms with van der Waals surface area (Å²) in [4.78, 5) is 25.0. The third-order valence-electron chi connectivity index (χ3n) is 3.62. The molecule has 5 heteroatoms. The molecule has 0 heterocycles. The van der Waals surface area contributed by atoms with Crippen molar-refractivity contribution in [3.63, 3.8) is 0 Å². The van der Waals surface area contributed by atoms with Crippen LogP contribution in [0.5, 0.6) is 0 Å². The quantitative estimate of drug-likeness (QED) is 0.815. The zero-order valence-electron chi connectivity index (χ0n) is 11.7. The normalized spacial score (nSPS) is 12.9. The molecule has 2 amide bonds. The van der Waals surface area contributed by atoms with E-state index in [1.54, 1.807) is 13.1 Å². The SMILES string of the molecule is CN(CCO)C(=O)CNC(=O)c1ccc2c(c1)CCC2. The molecular formula is C15H20N2O3. The van der Waals surface area contributed by atoms with Crippen molar-refractivity contribution in [2.75, 3.05) is 26.7 Å². The van der Waals surface area contributed by atoms with Crippen LogP contribution in [0.25, 0.3) is 0 Å². The lowest BCUT2D eigenvalue weighted by Crippen LogP contribution is -2.39. The molecule has 2 N–H and O–H groups in total. The Balaban J connectivity index is 1.90. The van der Waals surface area contributed by atoms with Gasteiger partial charge in [0.25, 0.3) is 5.91 Å². The Hall–Kier alpha value is -1.88. The zero-order valence-corrected chi connectivity index (χ0v) is 11.7. The molecule has 0 fully saturated rings. The van der Waals surface area contributed by atoms with Crippen LogP contribution in [0.4, 0.5) is 0 Å². The summed E-state index contributed by atoms with van der Waals surface area (Å²) in [6.07, 6.45) is 3.25. The second-order valence-corrected chi connectivity index (χ2v) is 5.06. The maximum absolute atomic E-state index is 12.0. The van der Waals surface area contributed by atoms with E-state index in [0.29, 0.717) is 5.56 Å². The summed E-state index contributed by atoms with van der Waals surface area (Å²) in [5.74, 6) is -0.445. The number of nitrogens with one attached hydrogen (secondary N) is 1. The molecule has 1 aliphatic carbocycles. The van der Waals surface area contributed by atoms with Gasteiger partial charge in [-0.05, 0) is 42.5 Å². The van der Waals surface area contributed by atoms with Crippen molar-refractivity contribution in [1.29, 1.82) is 0 Å². The van der Waals surface area contributed by atoms with Crippen LogP contribution in [-0.2, 0) is 17.6 Å². The Kier molecular flexibility index (Phi) is 4.74. The molecule has 0 atom stereocenters. The molecule has 5 nitrogen and oxygen atoms in total. The lowest BCUT2D eigenvalue weighted by atomic mass is 10.1. The van der Waals surface area contributed by atoms with Crippen LogP contribution < -0.4 is 5.32 Å². The summed E-state index contributed by atoms with van der Waals surface area (Å²) in [6.45, 7) is 0.140. The highest BCUT2D eigenvalue weighted by Gasteiger charge is 2.15. The molecule has 0 radical (unpaired) electrons. The van der Waals surface area contributed by atoms with E-state index < -0.39 is 0 Å². The van der Waals surface area contributed by atoms with Crippen molar-refractivity contribution >= 4 is 11.8 Å². The lowest BCUT2D eigenvalue weighted by Gasteiger charge is -2.16. The van der Waals surface area contributed by atoms with Crippen molar-refractivity contribution in [3.05, 3.63) is 34.9 Å². The number of carbonyl (C=O) groups is 2. The Labute approximate surface area is 118 Å². The van der Waals surface area contributed by atoms with Gasteiger partial charge >= 0.3 is 0 Å². The van der Waals surface area contributed by atoms with Gasteiger partial charge in [0.2, 0.25) is 5.91 Å². The predicted octanol–water partition coefficient (Wildman–Crippen LogP) is 0.356. The van der Waals surface area contributed by atoms with Crippen LogP contribution in [0.2, 0.25) is 0 Å². The molecule has 0 saturated carbocycles. The number of aliphatic hydroxyl groups is 1. The number of likely N-dealkylation sites (N-methyl/N-ethyl adjacent to an activating group) is 1. The first-order valence-corrected chi connectivity index (χ1v) is 6.86. The van der Waals surface area contributed by atoms with Crippen LogP contribution in [0.3, 0.4) is 0 Å². The van der Waals surface area contributed by atoms with E-state index in [1.165, 1.54) is 16.0 Å². The Morgan fingerprint density at radius 2 is 2.05 bits per heavy atom. The number of hydrogen-bond acceptors (Lipinski definition) is 3.